The Hall–Kier alpha value is -2.88. The van der Waals surface area contributed by atoms with Crippen LogP contribution in [0.5, 0.6) is 5.88 Å². The number of nitrogens with zero attached hydrogens (tertiary/aromatic N) is 2. The van der Waals surface area contributed by atoms with Gasteiger partial charge in [0.05, 0.1) is 12.7 Å². The maximum atomic E-state index is 5.49. The molecule has 1 N–H and O–H groups in total. The van der Waals surface area contributed by atoms with Crippen LogP contribution >= 0.6 is 0 Å². The minimum Gasteiger partial charge on any atom is -0.481 e. The van der Waals surface area contributed by atoms with Crippen molar-refractivity contribution in [2.45, 2.75) is 5.92 Å². The summed E-state index contributed by atoms with van der Waals surface area (Å²) in [5.74, 6) is 1.48. The summed E-state index contributed by atoms with van der Waals surface area (Å²) >= 11 is 0. The molecule has 3 aromatic rings. The molecule has 4 rings (SSSR count). The Morgan fingerprint density at radius 2 is 1.73 bits per heavy atom. The molecule has 22 heavy (non-hydrogen) atoms. The maximum absolute atomic E-state index is 5.49. The third-order valence-corrected chi connectivity index (χ3v) is 3.99. The summed E-state index contributed by atoms with van der Waals surface area (Å²) in [7, 11) is 1.64. The summed E-state index contributed by atoms with van der Waals surface area (Å²) in [5, 5.41) is 3.38. The molecule has 0 saturated heterocycles. The number of nitrogens with one attached hydrogen (secondary N) is 1. The Morgan fingerprint density at radius 3 is 2.55 bits per heavy atom. The minimum absolute atomic E-state index is 0.0600. The zero-order valence-electron chi connectivity index (χ0n) is 12.2. The van der Waals surface area contributed by atoms with Gasteiger partial charge < -0.3 is 10.1 Å². The van der Waals surface area contributed by atoms with Gasteiger partial charge in [-0.05, 0) is 17.2 Å². The first kappa shape index (κ1) is 12.8. The highest BCUT2D eigenvalue weighted by Gasteiger charge is 2.31. The van der Waals surface area contributed by atoms with Gasteiger partial charge in [0.1, 0.15) is 12.1 Å². The van der Waals surface area contributed by atoms with Gasteiger partial charge in [-0.1, -0.05) is 48.5 Å². The third-order valence-electron chi connectivity index (χ3n) is 3.99. The van der Waals surface area contributed by atoms with Gasteiger partial charge in [0, 0.05) is 11.6 Å². The van der Waals surface area contributed by atoms with Crippen LogP contribution in [-0.4, -0.2) is 17.1 Å². The standard InChI is InChI=1S/C18H15N3O/c1-22-18-16-15(12-7-3-2-4-8-12)13-9-5-6-10-14(13)21-17(16)19-11-20-18/h2-11,15H,1H3,(H,19,20,21). The number of hydrogen-bond acceptors (Lipinski definition) is 4. The predicted octanol–water partition coefficient (Wildman–Crippen LogP) is 3.72. The van der Waals surface area contributed by atoms with Crippen LogP contribution in [0.25, 0.3) is 0 Å². The summed E-state index contributed by atoms with van der Waals surface area (Å²) in [6.07, 6.45) is 1.53. The molecule has 0 aliphatic carbocycles. The number of methoxy groups -OCH3 is 1. The lowest BCUT2D eigenvalue weighted by atomic mass is 9.82. The van der Waals surface area contributed by atoms with Crippen LogP contribution in [0.2, 0.25) is 0 Å². The maximum Gasteiger partial charge on any atom is 0.222 e. The second kappa shape index (κ2) is 5.15. The van der Waals surface area contributed by atoms with E-state index >= 15 is 0 Å². The van der Waals surface area contributed by atoms with Gasteiger partial charge in [0.25, 0.3) is 0 Å². The fourth-order valence-electron chi connectivity index (χ4n) is 3.04. The molecule has 108 valence electrons. The van der Waals surface area contributed by atoms with Gasteiger partial charge in [-0.25, -0.2) is 9.97 Å². The van der Waals surface area contributed by atoms with Crippen molar-refractivity contribution in [2.24, 2.45) is 0 Å². The van der Waals surface area contributed by atoms with E-state index in [0.29, 0.717) is 5.88 Å². The fraction of sp³-hybridized carbons (Fsp3) is 0.111. The first-order chi connectivity index (χ1) is 10.9. The van der Waals surface area contributed by atoms with Crippen LogP contribution in [0.4, 0.5) is 11.5 Å². The second-order valence-electron chi connectivity index (χ2n) is 5.20. The van der Waals surface area contributed by atoms with Crippen molar-refractivity contribution in [1.82, 2.24) is 9.97 Å². The van der Waals surface area contributed by atoms with Crippen molar-refractivity contribution in [1.29, 1.82) is 0 Å². The van der Waals surface area contributed by atoms with Crippen LogP contribution in [-0.2, 0) is 0 Å². The summed E-state index contributed by atoms with van der Waals surface area (Å²) in [5.41, 5.74) is 4.46. The van der Waals surface area contributed by atoms with E-state index in [1.54, 1.807) is 7.11 Å². The van der Waals surface area contributed by atoms with Gasteiger partial charge in [0.15, 0.2) is 0 Å². The molecule has 0 bridgehead atoms. The Bertz CT molecular complexity index is 818. The SMILES string of the molecule is COc1ncnc2c1C(c1ccccc1)c1ccccc1N2. The second-order valence-corrected chi connectivity index (χ2v) is 5.20. The molecule has 1 unspecified atom stereocenters. The molecule has 0 amide bonds. The molecule has 4 heteroatoms. The Morgan fingerprint density at radius 1 is 0.955 bits per heavy atom. The molecule has 1 atom stereocenters. The summed E-state index contributed by atoms with van der Waals surface area (Å²) in [6, 6.07) is 18.7. The topological polar surface area (TPSA) is 47.0 Å². The largest absolute Gasteiger partial charge is 0.481 e. The van der Waals surface area contributed by atoms with Crippen molar-refractivity contribution < 1.29 is 4.74 Å². The highest BCUT2D eigenvalue weighted by Crippen LogP contribution is 2.46. The summed E-state index contributed by atoms with van der Waals surface area (Å²) in [6.45, 7) is 0. The van der Waals surface area contributed by atoms with Crippen LogP contribution < -0.4 is 10.1 Å². The quantitative estimate of drug-likeness (QED) is 0.611. The third kappa shape index (κ3) is 1.92. The van der Waals surface area contributed by atoms with E-state index < -0.39 is 0 Å². The van der Waals surface area contributed by atoms with E-state index in [-0.39, 0.29) is 5.92 Å². The van der Waals surface area contributed by atoms with E-state index in [2.05, 4.69) is 57.7 Å². The number of para-hydroxylation sites is 1. The Kier molecular flexibility index (Phi) is 3.00. The van der Waals surface area contributed by atoms with E-state index in [9.17, 15) is 0 Å². The molecule has 0 spiro atoms. The van der Waals surface area contributed by atoms with Gasteiger partial charge in [0.2, 0.25) is 5.88 Å². The lowest BCUT2D eigenvalue weighted by molar-refractivity contribution is 0.391. The van der Waals surface area contributed by atoms with E-state index in [4.69, 9.17) is 4.74 Å². The van der Waals surface area contributed by atoms with Gasteiger partial charge in [-0.3, -0.25) is 0 Å². The average Bonchev–Trinajstić information content (AvgIpc) is 2.59. The molecular weight excluding hydrogens is 274 g/mol. The predicted molar refractivity (Wildman–Crippen MR) is 85.7 cm³/mol. The van der Waals surface area contributed by atoms with Crippen LogP contribution in [0, 0.1) is 0 Å². The first-order valence-corrected chi connectivity index (χ1v) is 7.18. The lowest BCUT2D eigenvalue weighted by Crippen LogP contribution is -2.17. The molecule has 0 fully saturated rings. The van der Waals surface area contributed by atoms with Crippen molar-refractivity contribution in [2.75, 3.05) is 12.4 Å². The van der Waals surface area contributed by atoms with Crippen LogP contribution in [0.3, 0.4) is 0 Å². The zero-order valence-corrected chi connectivity index (χ0v) is 12.2. The fourth-order valence-corrected chi connectivity index (χ4v) is 3.04. The van der Waals surface area contributed by atoms with E-state index in [0.717, 1.165) is 17.1 Å². The molecule has 1 aliphatic rings. The zero-order chi connectivity index (χ0) is 14.9. The monoisotopic (exact) mass is 289 g/mol. The molecule has 1 aliphatic heterocycles. The van der Waals surface area contributed by atoms with Crippen molar-refractivity contribution in [3.05, 3.63) is 77.6 Å². The molecule has 2 heterocycles. The molecule has 0 saturated carbocycles. The van der Waals surface area contributed by atoms with Crippen molar-refractivity contribution in [3.63, 3.8) is 0 Å². The number of ether oxygens (including phenoxy) is 1. The highest BCUT2D eigenvalue weighted by molar-refractivity contribution is 5.74. The van der Waals surface area contributed by atoms with Crippen molar-refractivity contribution >= 4 is 11.5 Å². The van der Waals surface area contributed by atoms with Crippen LogP contribution in [0.15, 0.2) is 60.9 Å². The average molecular weight is 289 g/mol. The first-order valence-electron chi connectivity index (χ1n) is 7.18. The molecule has 1 aromatic heterocycles. The number of benzene rings is 2. The minimum atomic E-state index is 0.0600. The number of fused-ring (bicyclic) bond motifs is 2. The van der Waals surface area contributed by atoms with Gasteiger partial charge in [-0.15, -0.1) is 0 Å². The van der Waals surface area contributed by atoms with Crippen LogP contribution in [0.1, 0.15) is 22.6 Å². The summed E-state index contributed by atoms with van der Waals surface area (Å²) in [4.78, 5) is 8.69. The normalized spacial score (nSPS) is 15.4. The smallest absolute Gasteiger partial charge is 0.222 e. The Labute approximate surface area is 128 Å². The Balaban J connectivity index is 2.00. The number of hydrogen-bond donors (Lipinski definition) is 1. The molecule has 2 aromatic carbocycles. The number of rotatable bonds is 2. The molecule has 4 nitrogen and oxygen atoms in total. The summed E-state index contributed by atoms with van der Waals surface area (Å²) < 4.78 is 5.49. The molecule has 0 radical (unpaired) electrons. The van der Waals surface area contributed by atoms with Gasteiger partial charge >= 0.3 is 0 Å². The van der Waals surface area contributed by atoms with E-state index in [1.165, 1.54) is 17.5 Å². The van der Waals surface area contributed by atoms with E-state index in [1.807, 2.05) is 12.1 Å². The highest BCUT2D eigenvalue weighted by atomic mass is 16.5. The number of anilines is 2. The van der Waals surface area contributed by atoms with Gasteiger partial charge in [-0.2, -0.15) is 0 Å². The lowest BCUT2D eigenvalue weighted by Gasteiger charge is -2.29. The van der Waals surface area contributed by atoms with Crippen molar-refractivity contribution in [3.8, 4) is 5.88 Å². The number of aromatic nitrogens is 2. The molecular formula is C18H15N3O.